The Morgan fingerprint density at radius 3 is 2.28 bits per heavy atom. The summed E-state index contributed by atoms with van der Waals surface area (Å²) < 4.78 is 9.20. The van der Waals surface area contributed by atoms with Crippen molar-refractivity contribution in [2.24, 2.45) is 0 Å². The molecule has 0 radical (unpaired) electrons. The van der Waals surface area contributed by atoms with E-state index in [1.54, 1.807) is 4.57 Å². The van der Waals surface area contributed by atoms with Gasteiger partial charge in [-0.3, -0.25) is 13.9 Å². The van der Waals surface area contributed by atoms with E-state index in [-0.39, 0.29) is 23.4 Å². The van der Waals surface area contributed by atoms with Gasteiger partial charge in [0.25, 0.3) is 5.56 Å². The van der Waals surface area contributed by atoms with Crippen molar-refractivity contribution in [1.29, 1.82) is 0 Å². The number of thiophene rings is 1. The van der Waals surface area contributed by atoms with Crippen molar-refractivity contribution in [2.45, 2.75) is 52.0 Å². The Kier molecular flexibility index (Phi) is 5.35. The van der Waals surface area contributed by atoms with Gasteiger partial charge in [0.05, 0.1) is 24.1 Å². The van der Waals surface area contributed by atoms with Crippen LogP contribution in [0.1, 0.15) is 35.4 Å². The van der Waals surface area contributed by atoms with Crippen molar-refractivity contribution >= 4 is 21.6 Å². The first-order valence-electron chi connectivity index (χ1n) is 10.9. The average molecular weight is 447 g/mol. The molecule has 0 spiro atoms. The van der Waals surface area contributed by atoms with E-state index < -0.39 is 0 Å². The zero-order valence-corrected chi connectivity index (χ0v) is 19.2. The number of aryl methyl sites for hydroxylation is 2. The maximum Gasteiger partial charge on any atom is 0.332 e. The second-order valence-corrected chi connectivity index (χ2v) is 10.0. The number of fused-ring (bicyclic) bond motifs is 3. The van der Waals surface area contributed by atoms with Crippen LogP contribution in [0.4, 0.5) is 0 Å². The summed E-state index contributed by atoms with van der Waals surface area (Å²) >= 11 is 1.53. The molecule has 6 heteroatoms. The van der Waals surface area contributed by atoms with Gasteiger partial charge < -0.3 is 4.74 Å². The maximum absolute atomic E-state index is 13.6. The first-order chi connectivity index (χ1) is 15.4. The van der Waals surface area contributed by atoms with Crippen LogP contribution in [-0.2, 0) is 37.3 Å². The van der Waals surface area contributed by atoms with Crippen molar-refractivity contribution in [3.8, 4) is 0 Å². The van der Waals surface area contributed by atoms with Crippen molar-refractivity contribution in [2.75, 3.05) is 0 Å². The van der Waals surface area contributed by atoms with Gasteiger partial charge in [-0.15, -0.1) is 11.3 Å². The Labute approximate surface area is 190 Å². The highest BCUT2D eigenvalue weighted by atomic mass is 32.1. The van der Waals surface area contributed by atoms with Gasteiger partial charge in [0.1, 0.15) is 4.83 Å². The predicted molar refractivity (Wildman–Crippen MR) is 129 cm³/mol. The summed E-state index contributed by atoms with van der Waals surface area (Å²) in [5.74, 6) is 0. The topological polar surface area (TPSA) is 53.2 Å². The van der Waals surface area contributed by atoms with Gasteiger partial charge in [0.15, 0.2) is 0 Å². The zero-order valence-electron chi connectivity index (χ0n) is 18.3. The van der Waals surface area contributed by atoms with Crippen LogP contribution in [0.2, 0.25) is 0 Å². The van der Waals surface area contributed by atoms with Crippen LogP contribution in [0.5, 0.6) is 0 Å². The van der Waals surface area contributed by atoms with E-state index in [0.717, 1.165) is 27.3 Å². The molecule has 164 valence electrons. The molecule has 2 aromatic carbocycles. The summed E-state index contributed by atoms with van der Waals surface area (Å²) in [7, 11) is 0. The van der Waals surface area contributed by atoms with E-state index in [2.05, 4.69) is 12.1 Å². The molecule has 0 saturated carbocycles. The molecular formula is C26H26N2O3S. The summed E-state index contributed by atoms with van der Waals surface area (Å²) in [5, 5.41) is 0.685. The van der Waals surface area contributed by atoms with Crippen LogP contribution < -0.4 is 11.2 Å². The lowest BCUT2D eigenvalue weighted by Gasteiger charge is -2.29. The van der Waals surface area contributed by atoms with Gasteiger partial charge in [-0.1, -0.05) is 60.7 Å². The average Bonchev–Trinajstić information content (AvgIpc) is 3.15. The molecule has 5 nitrogen and oxygen atoms in total. The molecule has 3 heterocycles. The summed E-state index contributed by atoms with van der Waals surface area (Å²) in [6.45, 7) is 5.37. The minimum atomic E-state index is -0.331. The molecular weight excluding hydrogens is 420 g/mol. The highest BCUT2D eigenvalue weighted by molar-refractivity contribution is 7.18. The number of rotatable bonds is 5. The Morgan fingerprint density at radius 2 is 1.59 bits per heavy atom. The first-order valence-corrected chi connectivity index (χ1v) is 11.7. The first kappa shape index (κ1) is 20.9. The minimum absolute atomic E-state index is 0.194. The third-order valence-electron chi connectivity index (χ3n) is 6.09. The molecule has 1 aliphatic rings. The minimum Gasteiger partial charge on any atom is -0.370 e. The van der Waals surface area contributed by atoms with Gasteiger partial charge in [-0.05, 0) is 37.0 Å². The standard InChI is InChI=1S/C26H26N2O3S/c1-26(2)15-20-21(17-31-26)32-24-22(20)23(29)28(16-19-11-7-4-8-12-19)25(30)27(24)14-13-18-9-5-3-6-10-18/h3-12H,13-17H2,1-2H3. The molecule has 0 unspecified atom stereocenters. The van der Waals surface area contributed by atoms with Crippen LogP contribution in [0.15, 0.2) is 70.3 Å². The maximum atomic E-state index is 13.6. The Bertz CT molecular complexity index is 1380. The molecule has 0 N–H and O–H groups in total. The molecule has 0 fully saturated rings. The number of hydrogen-bond donors (Lipinski definition) is 0. The Balaban J connectivity index is 1.69. The van der Waals surface area contributed by atoms with Crippen molar-refractivity contribution in [3.63, 3.8) is 0 Å². The molecule has 0 bridgehead atoms. The Hall–Kier alpha value is -2.96. The van der Waals surface area contributed by atoms with Crippen LogP contribution in [0.25, 0.3) is 10.2 Å². The van der Waals surface area contributed by atoms with Crippen LogP contribution in [-0.4, -0.2) is 14.7 Å². The molecule has 0 saturated heterocycles. The number of nitrogens with zero attached hydrogens (tertiary/aromatic N) is 2. The smallest absolute Gasteiger partial charge is 0.332 e. The summed E-state index contributed by atoms with van der Waals surface area (Å²) in [4.78, 5) is 29.0. The largest absolute Gasteiger partial charge is 0.370 e. The molecule has 5 rings (SSSR count). The molecule has 32 heavy (non-hydrogen) atoms. The van der Waals surface area contributed by atoms with Crippen molar-refractivity contribution in [1.82, 2.24) is 9.13 Å². The highest BCUT2D eigenvalue weighted by Gasteiger charge is 2.31. The lowest BCUT2D eigenvalue weighted by molar-refractivity contribution is -0.0379. The van der Waals surface area contributed by atoms with Crippen LogP contribution >= 0.6 is 11.3 Å². The molecule has 2 aromatic heterocycles. The van der Waals surface area contributed by atoms with Gasteiger partial charge >= 0.3 is 5.69 Å². The van der Waals surface area contributed by atoms with E-state index in [1.807, 2.05) is 62.4 Å². The van der Waals surface area contributed by atoms with E-state index in [9.17, 15) is 9.59 Å². The summed E-state index contributed by atoms with van der Waals surface area (Å²) in [6, 6.07) is 19.8. The molecule has 0 aliphatic carbocycles. The summed E-state index contributed by atoms with van der Waals surface area (Å²) in [6.07, 6.45) is 1.39. The van der Waals surface area contributed by atoms with Gasteiger partial charge in [0.2, 0.25) is 0 Å². The lowest BCUT2D eigenvalue weighted by Crippen LogP contribution is -2.41. The number of ether oxygens (including phenoxy) is 1. The Morgan fingerprint density at radius 1 is 0.938 bits per heavy atom. The molecule has 1 aliphatic heterocycles. The second-order valence-electron chi connectivity index (χ2n) is 8.96. The number of hydrogen-bond acceptors (Lipinski definition) is 4. The number of aromatic nitrogens is 2. The predicted octanol–water partition coefficient (Wildman–Crippen LogP) is 4.37. The SMILES string of the molecule is CC1(C)Cc2c(sc3c2c(=O)n(Cc2ccccc2)c(=O)n3CCc2ccccc2)CO1. The normalized spacial score (nSPS) is 15.1. The van der Waals surface area contributed by atoms with Gasteiger partial charge in [-0.25, -0.2) is 4.79 Å². The van der Waals surface area contributed by atoms with Crippen LogP contribution in [0, 0.1) is 0 Å². The fourth-order valence-corrected chi connectivity index (χ4v) is 5.63. The molecule has 4 aromatic rings. The zero-order chi connectivity index (χ0) is 22.3. The monoisotopic (exact) mass is 446 g/mol. The van der Waals surface area contributed by atoms with E-state index in [0.29, 0.717) is 25.0 Å². The fourth-order valence-electron chi connectivity index (χ4n) is 4.39. The van der Waals surface area contributed by atoms with Crippen LogP contribution in [0.3, 0.4) is 0 Å². The summed E-state index contributed by atoms with van der Waals surface area (Å²) in [5.41, 5.74) is 2.37. The second kappa shape index (κ2) is 8.19. The molecule has 0 atom stereocenters. The van der Waals surface area contributed by atoms with Crippen molar-refractivity contribution in [3.05, 3.63) is 103 Å². The van der Waals surface area contributed by atoms with Crippen molar-refractivity contribution < 1.29 is 4.74 Å². The molecule has 0 amide bonds. The third kappa shape index (κ3) is 3.85. The van der Waals surface area contributed by atoms with E-state index in [4.69, 9.17) is 4.74 Å². The quantitative estimate of drug-likeness (QED) is 0.458. The third-order valence-corrected chi connectivity index (χ3v) is 7.31. The van der Waals surface area contributed by atoms with E-state index >= 15 is 0 Å². The van der Waals surface area contributed by atoms with Gasteiger partial charge in [-0.2, -0.15) is 0 Å². The van der Waals surface area contributed by atoms with E-state index in [1.165, 1.54) is 21.5 Å². The number of benzene rings is 2. The van der Waals surface area contributed by atoms with Gasteiger partial charge in [0, 0.05) is 17.8 Å². The highest BCUT2D eigenvalue weighted by Crippen LogP contribution is 2.37. The lowest BCUT2D eigenvalue weighted by atomic mass is 9.94. The fraction of sp³-hybridized carbons (Fsp3) is 0.308.